The van der Waals surface area contributed by atoms with E-state index in [1.165, 1.54) is 12.8 Å². The molecule has 0 atom stereocenters. The van der Waals surface area contributed by atoms with Crippen molar-refractivity contribution >= 4 is 6.03 Å². The Hall–Kier alpha value is -0.810. The highest BCUT2D eigenvalue weighted by atomic mass is 16.5. The number of rotatable bonds is 3. The quantitative estimate of drug-likeness (QED) is 0.684. The highest BCUT2D eigenvalue weighted by Gasteiger charge is 2.30. The maximum Gasteiger partial charge on any atom is 0.315 e. The maximum atomic E-state index is 11.6. The molecule has 1 saturated carbocycles. The van der Waals surface area contributed by atoms with Crippen molar-refractivity contribution in [2.75, 3.05) is 19.8 Å². The zero-order valence-corrected chi connectivity index (χ0v) is 10.2. The summed E-state index contributed by atoms with van der Waals surface area (Å²) in [5.41, 5.74) is -0.786. The van der Waals surface area contributed by atoms with Gasteiger partial charge in [-0.1, -0.05) is 12.8 Å². The molecule has 98 valence electrons. The monoisotopic (exact) mass is 242 g/mol. The minimum Gasteiger partial charge on any atom is -0.388 e. The smallest absolute Gasteiger partial charge is 0.315 e. The summed E-state index contributed by atoms with van der Waals surface area (Å²) in [6.07, 6.45) is 5.74. The molecule has 5 nitrogen and oxygen atoms in total. The van der Waals surface area contributed by atoms with Gasteiger partial charge < -0.3 is 20.5 Å². The minimum atomic E-state index is -0.786. The van der Waals surface area contributed by atoms with E-state index in [0.29, 0.717) is 38.6 Å². The molecule has 1 aliphatic heterocycles. The van der Waals surface area contributed by atoms with E-state index in [0.717, 1.165) is 12.8 Å². The van der Waals surface area contributed by atoms with Gasteiger partial charge in [-0.15, -0.1) is 0 Å². The predicted octanol–water partition coefficient (Wildman–Crippen LogP) is 0.770. The number of hydrogen-bond acceptors (Lipinski definition) is 3. The SMILES string of the molecule is O=C(NCC1(O)CCOCC1)NC1CCCC1. The Balaban J connectivity index is 1.67. The molecule has 1 heterocycles. The van der Waals surface area contributed by atoms with Crippen molar-refractivity contribution in [3.8, 4) is 0 Å². The Morgan fingerprint density at radius 2 is 1.94 bits per heavy atom. The summed E-state index contributed by atoms with van der Waals surface area (Å²) in [5, 5.41) is 15.9. The van der Waals surface area contributed by atoms with Crippen molar-refractivity contribution in [3.63, 3.8) is 0 Å². The Kier molecular flexibility index (Phi) is 4.23. The molecule has 0 unspecified atom stereocenters. The molecule has 0 aromatic carbocycles. The highest BCUT2D eigenvalue weighted by molar-refractivity contribution is 5.74. The van der Waals surface area contributed by atoms with Crippen LogP contribution in [-0.2, 0) is 4.74 Å². The van der Waals surface area contributed by atoms with Crippen LogP contribution in [0.1, 0.15) is 38.5 Å². The second-order valence-electron chi connectivity index (χ2n) is 5.15. The van der Waals surface area contributed by atoms with Gasteiger partial charge in [0.15, 0.2) is 0 Å². The van der Waals surface area contributed by atoms with Crippen LogP contribution in [0.4, 0.5) is 4.79 Å². The molecule has 1 saturated heterocycles. The molecule has 2 fully saturated rings. The topological polar surface area (TPSA) is 70.6 Å². The molecule has 3 N–H and O–H groups in total. The molecular formula is C12H22N2O3. The molecule has 0 radical (unpaired) electrons. The van der Waals surface area contributed by atoms with Crippen molar-refractivity contribution in [2.24, 2.45) is 0 Å². The number of nitrogens with one attached hydrogen (secondary N) is 2. The Morgan fingerprint density at radius 3 is 2.59 bits per heavy atom. The normalized spacial score (nSPS) is 24.5. The Morgan fingerprint density at radius 1 is 1.29 bits per heavy atom. The first-order valence-corrected chi connectivity index (χ1v) is 6.52. The van der Waals surface area contributed by atoms with Crippen molar-refractivity contribution in [1.29, 1.82) is 0 Å². The van der Waals surface area contributed by atoms with E-state index >= 15 is 0 Å². The lowest BCUT2D eigenvalue weighted by atomic mass is 9.94. The first kappa shape index (κ1) is 12.6. The van der Waals surface area contributed by atoms with Gasteiger partial charge in [-0.05, 0) is 12.8 Å². The van der Waals surface area contributed by atoms with Gasteiger partial charge in [-0.2, -0.15) is 0 Å². The summed E-state index contributed by atoms with van der Waals surface area (Å²) in [4.78, 5) is 11.6. The lowest BCUT2D eigenvalue weighted by Gasteiger charge is -2.32. The van der Waals surface area contributed by atoms with Gasteiger partial charge in [0.25, 0.3) is 0 Å². The number of urea groups is 1. The van der Waals surface area contributed by atoms with Gasteiger partial charge in [-0.25, -0.2) is 4.79 Å². The van der Waals surface area contributed by atoms with Crippen molar-refractivity contribution in [2.45, 2.75) is 50.2 Å². The number of carbonyl (C=O) groups is 1. The molecule has 0 spiro atoms. The molecule has 2 aliphatic rings. The largest absolute Gasteiger partial charge is 0.388 e. The Labute approximate surface area is 102 Å². The molecule has 2 amide bonds. The average molecular weight is 242 g/mol. The average Bonchev–Trinajstić information content (AvgIpc) is 2.80. The van der Waals surface area contributed by atoms with Gasteiger partial charge >= 0.3 is 6.03 Å². The third-order valence-electron chi connectivity index (χ3n) is 3.69. The summed E-state index contributed by atoms with van der Waals surface area (Å²) in [5.74, 6) is 0. The molecule has 0 bridgehead atoms. The highest BCUT2D eigenvalue weighted by Crippen LogP contribution is 2.19. The predicted molar refractivity (Wildman–Crippen MR) is 63.8 cm³/mol. The van der Waals surface area contributed by atoms with E-state index in [9.17, 15) is 9.90 Å². The third kappa shape index (κ3) is 3.85. The van der Waals surface area contributed by atoms with Crippen LogP contribution < -0.4 is 10.6 Å². The standard InChI is InChI=1S/C12H22N2O3/c15-11(14-10-3-1-2-4-10)13-9-12(16)5-7-17-8-6-12/h10,16H,1-9H2,(H2,13,14,15). The molecule has 1 aliphatic carbocycles. The van der Waals surface area contributed by atoms with Gasteiger partial charge in [0.1, 0.15) is 0 Å². The fourth-order valence-electron chi connectivity index (χ4n) is 2.48. The van der Waals surface area contributed by atoms with Gasteiger partial charge in [-0.3, -0.25) is 0 Å². The van der Waals surface area contributed by atoms with E-state index in [2.05, 4.69) is 10.6 Å². The fourth-order valence-corrected chi connectivity index (χ4v) is 2.48. The van der Waals surface area contributed by atoms with Crippen molar-refractivity contribution in [1.82, 2.24) is 10.6 Å². The van der Waals surface area contributed by atoms with Crippen LogP contribution in [0.5, 0.6) is 0 Å². The summed E-state index contributed by atoms with van der Waals surface area (Å²) in [6.45, 7) is 1.46. The first-order chi connectivity index (χ1) is 8.18. The van der Waals surface area contributed by atoms with E-state index in [1.807, 2.05) is 0 Å². The van der Waals surface area contributed by atoms with Gasteiger partial charge in [0.2, 0.25) is 0 Å². The summed E-state index contributed by atoms with van der Waals surface area (Å²) in [6, 6.07) is 0.163. The second kappa shape index (κ2) is 5.69. The lowest BCUT2D eigenvalue weighted by Crippen LogP contribution is -2.50. The van der Waals surface area contributed by atoms with Crippen LogP contribution in [0.3, 0.4) is 0 Å². The van der Waals surface area contributed by atoms with Gasteiger partial charge in [0.05, 0.1) is 5.60 Å². The second-order valence-corrected chi connectivity index (χ2v) is 5.15. The molecular weight excluding hydrogens is 220 g/mol. The third-order valence-corrected chi connectivity index (χ3v) is 3.69. The molecule has 0 aromatic rings. The van der Waals surface area contributed by atoms with Gasteiger partial charge in [0, 0.05) is 38.6 Å². The van der Waals surface area contributed by atoms with E-state index in [4.69, 9.17) is 4.74 Å². The minimum absolute atomic E-state index is 0.156. The van der Waals surface area contributed by atoms with Crippen LogP contribution in [-0.4, -0.2) is 42.5 Å². The number of aliphatic hydroxyl groups is 1. The van der Waals surface area contributed by atoms with Crippen molar-refractivity contribution in [3.05, 3.63) is 0 Å². The number of ether oxygens (including phenoxy) is 1. The van der Waals surface area contributed by atoms with E-state index in [1.54, 1.807) is 0 Å². The fraction of sp³-hybridized carbons (Fsp3) is 0.917. The molecule has 5 heteroatoms. The summed E-state index contributed by atoms with van der Waals surface area (Å²) >= 11 is 0. The zero-order valence-electron chi connectivity index (χ0n) is 10.2. The maximum absolute atomic E-state index is 11.6. The number of hydrogen-bond donors (Lipinski definition) is 3. The molecule has 17 heavy (non-hydrogen) atoms. The number of amides is 2. The molecule has 0 aromatic heterocycles. The van der Waals surface area contributed by atoms with Crippen LogP contribution in [0.2, 0.25) is 0 Å². The zero-order chi connectivity index (χ0) is 12.1. The van der Waals surface area contributed by atoms with E-state index in [-0.39, 0.29) is 6.03 Å². The van der Waals surface area contributed by atoms with Crippen LogP contribution in [0, 0.1) is 0 Å². The van der Waals surface area contributed by atoms with E-state index < -0.39 is 5.60 Å². The molecule has 2 rings (SSSR count). The van der Waals surface area contributed by atoms with Crippen LogP contribution >= 0.6 is 0 Å². The Bertz CT molecular complexity index is 258. The summed E-state index contributed by atoms with van der Waals surface area (Å²) < 4.78 is 5.19. The number of carbonyl (C=O) groups excluding carboxylic acids is 1. The van der Waals surface area contributed by atoms with Crippen LogP contribution in [0.25, 0.3) is 0 Å². The summed E-state index contributed by atoms with van der Waals surface area (Å²) in [7, 11) is 0. The van der Waals surface area contributed by atoms with Crippen molar-refractivity contribution < 1.29 is 14.6 Å². The first-order valence-electron chi connectivity index (χ1n) is 6.52. The lowest BCUT2D eigenvalue weighted by molar-refractivity contribution is -0.0600. The van der Waals surface area contributed by atoms with Crippen LogP contribution in [0.15, 0.2) is 0 Å².